The zero-order valence-electron chi connectivity index (χ0n) is 14.7. The molecule has 1 fully saturated rings. The number of nitrogens with zero attached hydrogens (tertiary/aromatic N) is 2. The molecule has 0 N–H and O–H groups in total. The summed E-state index contributed by atoms with van der Waals surface area (Å²) in [7, 11) is 0. The zero-order valence-corrected chi connectivity index (χ0v) is 15.5. The van der Waals surface area contributed by atoms with Gasteiger partial charge in [0.1, 0.15) is 12.4 Å². The van der Waals surface area contributed by atoms with E-state index >= 15 is 0 Å². The van der Waals surface area contributed by atoms with Gasteiger partial charge in [0, 0.05) is 42.3 Å². The van der Waals surface area contributed by atoms with Gasteiger partial charge in [-0.1, -0.05) is 29.8 Å². The Bertz CT molecular complexity index is 900. The number of hydrogen-bond acceptors (Lipinski definition) is 3. The third-order valence-electron chi connectivity index (χ3n) is 4.85. The van der Waals surface area contributed by atoms with E-state index in [1.807, 2.05) is 30.3 Å². The lowest BCUT2D eigenvalue weighted by Gasteiger charge is -2.35. The van der Waals surface area contributed by atoms with Crippen LogP contribution in [0.15, 0.2) is 54.1 Å². The standard InChI is InChI=1S/C21H19ClN2O3/c22-18-7-5-15(6-8-18)20(25)23-9-11-24(12-10-23)21(26)17-13-16-3-1-2-4-19(16)27-14-17/h1-8,13H,9-12,14H2. The van der Waals surface area contributed by atoms with Crippen molar-refractivity contribution in [2.24, 2.45) is 0 Å². The maximum atomic E-state index is 12.8. The first kappa shape index (κ1) is 17.6. The predicted molar refractivity (Wildman–Crippen MR) is 104 cm³/mol. The second-order valence-corrected chi connectivity index (χ2v) is 7.02. The molecule has 2 aliphatic rings. The van der Waals surface area contributed by atoms with E-state index in [1.54, 1.807) is 34.1 Å². The van der Waals surface area contributed by atoms with Crippen molar-refractivity contribution in [1.82, 2.24) is 9.80 Å². The van der Waals surface area contributed by atoms with Gasteiger partial charge in [-0.15, -0.1) is 0 Å². The van der Waals surface area contributed by atoms with Crippen LogP contribution in [0, 0.1) is 0 Å². The molecule has 2 aromatic rings. The number of amides is 2. The van der Waals surface area contributed by atoms with Crippen molar-refractivity contribution >= 4 is 29.5 Å². The molecule has 0 bridgehead atoms. The molecule has 2 heterocycles. The molecule has 0 atom stereocenters. The summed E-state index contributed by atoms with van der Waals surface area (Å²) >= 11 is 5.88. The minimum absolute atomic E-state index is 0.0249. The highest BCUT2D eigenvalue weighted by Gasteiger charge is 2.27. The van der Waals surface area contributed by atoms with Crippen molar-refractivity contribution < 1.29 is 14.3 Å². The van der Waals surface area contributed by atoms with Gasteiger partial charge in [0.25, 0.3) is 11.8 Å². The number of hydrogen-bond donors (Lipinski definition) is 0. The van der Waals surface area contributed by atoms with Crippen LogP contribution in [0.5, 0.6) is 5.75 Å². The first-order chi connectivity index (χ1) is 13.1. The lowest BCUT2D eigenvalue weighted by molar-refractivity contribution is -0.128. The van der Waals surface area contributed by atoms with Gasteiger partial charge in [0.15, 0.2) is 0 Å². The van der Waals surface area contributed by atoms with Crippen LogP contribution in [-0.2, 0) is 4.79 Å². The highest BCUT2D eigenvalue weighted by molar-refractivity contribution is 6.30. The van der Waals surface area contributed by atoms with Crippen LogP contribution >= 0.6 is 11.6 Å². The van der Waals surface area contributed by atoms with Crippen LogP contribution in [0.1, 0.15) is 15.9 Å². The second kappa shape index (κ2) is 7.45. The van der Waals surface area contributed by atoms with Gasteiger partial charge in [-0.2, -0.15) is 0 Å². The zero-order chi connectivity index (χ0) is 18.8. The Labute approximate surface area is 162 Å². The van der Waals surface area contributed by atoms with E-state index in [-0.39, 0.29) is 18.4 Å². The monoisotopic (exact) mass is 382 g/mol. The van der Waals surface area contributed by atoms with Crippen LogP contribution in [-0.4, -0.2) is 54.4 Å². The largest absolute Gasteiger partial charge is 0.488 e. The van der Waals surface area contributed by atoms with E-state index in [1.165, 1.54) is 0 Å². The molecule has 0 saturated carbocycles. The highest BCUT2D eigenvalue weighted by atomic mass is 35.5. The van der Waals surface area contributed by atoms with Crippen molar-refractivity contribution in [2.75, 3.05) is 32.8 Å². The van der Waals surface area contributed by atoms with Crippen LogP contribution < -0.4 is 4.74 Å². The van der Waals surface area contributed by atoms with Gasteiger partial charge in [-0.05, 0) is 36.4 Å². The maximum Gasteiger partial charge on any atom is 0.253 e. The fourth-order valence-corrected chi connectivity index (χ4v) is 3.46. The SMILES string of the molecule is O=C(C1=Cc2ccccc2OC1)N1CCN(C(=O)c2ccc(Cl)cc2)CC1. The normalized spacial score (nSPS) is 16.3. The average molecular weight is 383 g/mol. The Kier molecular flexibility index (Phi) is 4.86. The maximum absolute atomic E-state index is 12.8. The Morgan fingerprint density at radius 1 is 0.852 bits per heavy atom. The van der Waals surface area contributed by atoms with Crippen molar-refractivity contribution in [1.29, 1.82) is 0 Å². The van der Waals surface area contributed by atoms with E-state index < -0.39 is 0 Å². The fraction of sp³-hybridized carbons (Fsp3) is 0.238. The first-order valence-electron chi connectivity index (χ1n) is 8.88. The molecule has 1 saturated heterocycles. The summed E-state index contributed by atoms with van der Waals surface area (Å²) in [5, 5.41) is 0.603. The van der Waals surface area contributed by atoms with Crippen LogP contribution in [0.2, 0.25) is 5.02 Å². The molecule has 4 rings (SSSR count). The summed E-state index contributed by atoms with van der Waals surface area (Å²) in [6.45, 7) is 2.32. The molecule has 27 heavy (non-hydrogen) atoms. The average Bonchev–Trinajstić information content (AvgIpc) is 2.73. The van der Waals surface area contributed by atoms with E-state index in [0.29, 0.717) is 42.3 Å². The third kappa shape index (κ3) is 3.69. The summed E-state index contributed by atoms with van der Waals surface area (Å²) in [5.74, 6) is 0.739. The molecular formula is C21H19ClN2O3. The van der Waals surface area contributed by atoms with Crippen molar-refractivity contribution in [3.63, 3.8) is 0 Å². The van der Waals surface area contributed by atoms with Gasteiger partial charge < -0.3 is 14.5 Å². The minimum atomic E-state index is -0.0343. The van der Waals surface area contributed by atoms with E-state index in [0.717, 1.165) is 11.3 Å². The molecule has 0 aromatic heterocycles. The summed E-state index contributed by atoms with van der Waals surface area (Å²) in [4.78, 5) is 28.9. The topological polar surface area (TPSA) is 49.9 Å². The summed E-state index contributed by atoms with van der Waals surface area (Å²) in [6, 6.07) is 14.5. The molecule has 2 aliphatic heterocycles. The lowest BCUT2D eigenvalue weighted by Crippen LogP contribution is -2.51. The number of carbonyl (C=O) groups excluding carboxylic acids is 2. The number of benzene rings is 2. The number of fused-ring (bicyclic) bond motifs is 1. The smallest absolute Gasteiger partial charge is 0.253 e. The number of para-hydroxylation sites is 1. The van der Waals surface area contributed by atoms with Crippen molar-refractivity contribution in [3.8, 4) is 5.75 Å². The molecule has 6 heteroatoms. The first-order valence-corrected chi connectivity index (χ1v) is 9.26. The number of piperazine rings is 1. The molecule has 2 aromatic carbocycles. The van der Waals surface area contributed by atoms with Gasteiger partial charge >= 0.3 is 0 Å². The summed E-state index contributed by atoms with van der Waals surface area (Å²) in [6.07, 6.45) is 1.90. The molecule has 0 aliphatic carbocycles. The predicted octanol–water partition coefficient (Wildman–Crippen LogP) is 3.10. The molecule has 0 spiro atoms. The number of halogens is 1. The lowest BCUT2D eigenvalue weighted by atomic mass is 10.1. The second-order valence-electron chi connectivity index (χ2n) is 6.59. The number of ether oxygens (including phenoxy) is 1. The minimum Gasteiger partial charge on any atom is -0.488 e. The Morgan fingerprint density at radius 3 is 2.19 bits per heavy atom. The quantitative estimate of drug-likeness (QED) is 0.802. The van der Waals surface area contributed by atoms with Crippen LogP contribution in [0.25, 0.3) is 6.08 Å². The van der Waals surface area contributed by atoms with E-state index in [2.05, 4.69) is 0 Å². The number of carbonyl (C=O) groups is 2. The third-order valence-corrected chi connectivity index (χ3v) is 5.10. The van der Waals surface area contributed by atoms with Crippen LogP contribution in [0.3, 0.4) is 0 Å². The Balaban J connectivity index is 1.39. The van der Waals surface area contributed by atoms with Gasteiger partial charge in [0.2, 0.25) is 0 Å². The van der Waals surface area contributed by atoms with Gasteiger partial charge in [0.05, 0.1) is 5.57 Å². The molecule has 2 amide bonds. The van der Waals surface area contributed by atoms with Gasteiger partial charge in [-0.25, -0.2) is 0 Å². The summed E-state index contributed by atoms with van der Waals surface area (Å²) in [5.41, 5.74) is 2.18. The molecule has 5 nitrogen and oxygen atoms in total. The van der Waals surface area contributed by atoms with Crippen LogP contribution in [0.4, 0.5) is 0 Å². The Morgan fingerprint density at radius 2 is 1.48 bits per heavy atom. The molecule has 0 radical (unpaired) electrons. The fourth-order valence-electron chi connectivity index (χ4n) is 3.33. The molecule has 138 valence electrons. The number of rotatable bonds is 2. The van der Waals surface area contributed by atoms with Gasteiger partial charge in [-0.3, -0.25) is 9.59 Å². The highest BCUT2D eigenvalue weighted by Crippen LogP contribution is 2.26. The van der Waals surface area contributed by atoms with Crippen molar-refractivity contribution in [2.45, 2.75) is 0 Å². The van der Waals surface area contributed by atoms with E-state index in [9.17, 15) is 9.59 Å². The van der Waals surface area contributed by atoms with Crippen molar-refractivity contribution in [3.05, 3.63) is 70.3 Å². The molecule has 0 unspecified atom stereocenters. The summed E-state index contributed by atoms with van der Waals surface area (Å²) < 4.78 is 5.68. The van der Waals surface area contributed by atoms with E-state index in [4.69, 9.17) is 16.3 Å². The molecular weight excluding hydrogens is 364 g/mol. The Hall–Kier alpha value is -2.79.